The third kappa shape index (κ3) is 2.68. The van der Waals surface area contributed by atoms with Gasteiger partial charge in [-0.1, -0.05) is 6.42 Å². The van der Waals surface area contributed by atoms with Crippen molar-refractivity contribution in [3.05, 3.63) is 0 Å². The lowest BCUT2D eigenvalue weighted by molar-refractivity contribution is -0.132. The average Bonchev–Trinajstić information content (AvgIpc) is 1.79. The summed E-state index contributed by atoms with van der Waals surface area (Å²) in [6.07, 6.45) is 3.56. The van der Waals surface area contributed by atoms with Crippen molar-refractivity contribution < 1.29 is 9.18 Å². The molecule has 1 saturated carbocycles. The molecule has 0 heterocycles. The minimum absolute atomic E-state index is 0.122. The standard InChI is InChI=1S/C10H18FNO/c1-7(8-5-4-6-8)12-9(13)10(2,3)11/h7-8H,4-6H2,1-3H3,(H,12,13)/t7-/m1/s1. The Morgan fingerprint density at radius 1 is 1.54 bits per heavy atom. The molecule has 1 N–H and O–H groups in total. The van der Waals surface area contributed by atoms with Crippen LogP contribution in [-0.4, -0.2) is 17.6 Å². The highest BCUT2D eigenvalue weighted by Gasteiger charge is 2.31. The molecule has 1 aliphatic rings. The van der Waals surface area contributed by atoms with Crippen molar-refractivity contribution in [3.63, 3.8) is 0 Å². The van der Waals surface area contributed by atoms with Crippen LogP contribution in [0.2, 0.25) is 0 Å². The van der Waals surface area contributed by atoms with E-state index in [4.69, 9.17) is 0 Å². The summed E-state index contributed by atoms with van der Waals surface area (Å²) in [4.78, 5) is 11.2. The van der Waals surface area contributed by atoms with Gasteiger partial charge in [0.15, 0.2) is 5.67 Å². The molecule has 0 unspecified atom stereocenters. The molecule has 0 spiro atoms. The minimum Gasteiger partial charge on any atom is -0.351 e. The van der Waals surface area contributed by atoms with Gasteiger partial charge in [-0.15, -0.1) is 0 Å². The quantitative estimate of drug-likeness (QED) is 0.719. The van der Waals surface area contributed by atoms with Gasteiger partial charge in [0.05, 0.1) is 0 Å². The van der Waals surface area contributed by atoms with E-state index in [1.165, 1.54) is 20.3 Å². The molecule has 1 rings (SSSR count). The lowest BCUT2D eigenvalue weighted by Gasteiger charge is -2.32. The number of hydrogen-bond donors (Lipinski definition) is 1. The van der Waals surface area contributed by atoms with Gasteiger partial charge in [0, 0.05) is 6.04 Å². The van der Waals surface area contributed by atoms with Gasteiger partial charge in [0.2, 0.25) is 0 Å². The number of alkyl halides is 1. The topological polar surface area (TPSA) is 29.1 Å². The van der Waals surface area contributed by atoms with E-state index >= 15 is 0 Å². The Bertz CT molecular complexity index is 194. The SMILES string of the molecule is C[C@@H](NC(=O)C(C)(C)F)C1CCC1. The summed E-state index contributed by atoms with van der Waals surface area (Å²) in [6, 6.07) is 0.122. The lowest BCUT2D eigenvalue weighted by Crippen LogP contribution is -2.47. The number of halogens is 1. The van der Waals surface area contributed by atoms with Crippen molar-refractivity contribution in [2.45, 2.75) is 51.7 Å². The van der Waals surface area contributed by atoms with Crippen LogP contribution >= 0.6 is 0 Å². The summed E-state index contributed by atoms with van der Waals surface area (Å²) in [5.74, 6) is 0.0678. The molecule has 13 heavy (non-hydrogen) atoms. The summed E-state index contributed by atoms with van der Waals surface area (Å²) >= 11 is 0. The van der Waals surface area contributed by atoms with Gasteiger partial charge in [-0.3, -0.25) is 4.79 Å². The highest BCUT2D eigenvalue weighted by molar-refractivity contribution is 5.84. The summed E-state index contributed by atoms with van der Waals surface area (Å²) in [7, 11) is 0. The Hall–Kier alpha value is -0.600. The summed E-state index contributed by atoms with van der Waals surface area (Å²) in [5.41, 5.74) is -1.75. The van der Waals surface area contributed by atoms with Crippen LogP contribution in [0.5, 0.6) is 0 Å². The fraction of sp³-hybridized carbons (Fsp3) is 0.900. The lowest BCUT2D eigenvalue weighted by atomic mass is 9.80. The predicted molar refractivity (Wildman–Crippen MR) is 50.1 cm³/mol. The van der Waals surface area contributed by atoms with Crippen LogP contribution in [-0.2, 0) is 4.79 Å². The van der Waals surface area contributed by atoms with E-state index in [0.29, 0.717) is 5.92 Å². The maximum atomic E-state index is 13.1. The second kappa shape index (κ2) is 3.64. The molecular weight excluding hydrogens is 169 g/mol. The molecule has 3 heteroatoms. The van der Waals surface area contributed by atoms with Crippen molar-refractivity contribution in [2.24, 2.45) is 5.92 Å². The smallest absolute Gasteiger partial charge is 0.257 e. The van der Waals surface area contributed by atoms with E-state index in [0.717, 1.165) is 12.8 Å². The van der Waals surface area contributed by atoms with E-state index in [1.807, 2.05) is 6.92 Å². The highest BCUT2D eigenvalue weighted by atomic mass is 19.1. The largest absolute Gasteiger partial charge is 0.351 e. The van der Waals surface area contributed by atoms with Crippen molar-refractivity contribution in [3.8, 4) is 0 Å². The monoisotopic (exact) mass is 187 g/mol. The third-order valence-corrected chi connectivity index (χ3v) is 2.76. The zero-order valence-corrected chi connectivity index (χ0v) is 8.56. The van der Waals surface area contributed by atoms with Gasteiger partial charge in [-0.2, -0.15) is 0 Å². The number of carbonyl (C=O) groups excluding carboxylic acids is 1. The van der Waals surface area contributed by atoms with Gasteiger partial charge >= 0.3 is 0 Å². The molecule has 0 saturated heterocycles. The highest BCUT2D eigenvalue weighted by Crippen LogP contribution is 2.29. The number of rotatable bonds is 3. The molecule has 1 amide bonds. The van der Waals surface area contributed by atoms with Crippen LogP contribution in [0.1, 0.15) is 40.0 Å². The first-order valence-electron chi connectivity index (χ1n) is 4.91. The van der Waals surface area contributed by atoms with Crippen molar-refractivity contribution in [2.75, 3.05) is 0 Å². The Labute approximate surface area is 78.9 Å². The van der Waals surface area contributed by atoms with E-state index in [1.54, 1.807) is 0 Å². The van der Waals surface area contributed by atoms with Crippen LogP contribution in [0.15, 0.2) is 0 Å². The predicted octanol–water partition coefficient (Wildman–Crippen LogP) is 2.04. The molecule has 0 aromatic carbocycles. The van der Waals surface area contributed by atoms with Crippen LogP contribution in [0.25, 0.3) is 0 Å². The van der Waals surface area contributed by atoms with Crippen molar-refractivity contribution in [1.29, 1.82) is 0 Å². The first-order chi connectivity index (χ1) is 5.91. The zero-order valence-electron chi connectivity index (χ0n) is 8.56. The molecule has 1 fully saturated rings. The summed E-state index contributed by atoms with van der Waals surface area (Å²) < 4.78 is 13.1. The second-order valence-electron chi connectivity index (χ2n) is 4.43. The molecular formula is C10H18FNO. The fourth-order valence-corrected chi connectivity index (χ4v) is 1.44. The Kier molecular flexibility index (Phi) is 2.94. The molecule has 0 aromatic rings. The normalized spacial score (nSPS) is 20.6. The van der Waals surface area contributed by atoms with Crippen LogP contribution < -0.4 is 5.32 Å². The zero-order chi connectivity index (χ0) is 10.1. The van der Waals surface area contributed by atoms with E-state index < -0.39 is 11.6 Å². The number of carbonyl (C=O) groups is 1. The van der Waals surface area contributed by atoms with Crippen LogP contribution in [0.3, 0.4) is 0 Å². The number of nitrogens with one attached hydrogen (secondary N) is 1. The molecule has 0 radical (unpaired) electrons. The molecule has 76 valence electrons. The van der Waals surface area contributed by atoms with Gasteiger partial charge in [0.1, 0.15) is 0 Å². The molecule has 1 aliphatic carbocycles. The molecule has 0 bridgehead atoms. The van der Waals surface area contributed by atoms with E-state index in [2.05, 4.69) is 5.32 Å². The minimum atomic E-state index is -1.75. The molecule has 2 nitrogen and oxygen atoms in total. The summed E-state index contributed by atoms with van der Waals surface area (Å²) in [6.45, 7) is 4.53. The Morgan fingerprint density at radius 2 is 2.08 bits per heavy atom. The summed E-state index contributed by atoms with van der Waals surface area (Å²) in [5, 5.41) is 2.71. The first-order valence-corrected chi connectivity index (χ1v) is 4.91. The maximum Gasteiger partial charge on any atom is 0.257 e. The van der Waals surface area contributed by atoms with Crippen LogP contribution in [0, 0.1) is 5.92 Å². The van der Waals surface area contributed by atoms with Gasteiger partial charge in [0.25, 0.3) is 5.91 Å². The second-order valence-corrected chi connectivity index (χ2v) is 4.43. The maximum absolute atomic E-state index is 13.1. The first kappa shape index (κ1) is 10.5. The number of amides is 1. The van der Waals surface area contributed by atoms with Gasteiger partial charge in [-0.05, 0) is 39.5 Å². The van der Waals surface area contributed by atoms with E-state index in [-0.39, 0.29) is 6.04 Å². The Morgan fingerprint density at radius 3 is 2.38 bits per heavy atom. The molecule has 0 aromatic heterocycles. The number of hydrogen-bond acceptors (Lipinski definition) is 1. The fourth-order valence-electron chi connectivity index (χ4n) is 1.44. The molecule has 0 aliphatic heterocycles. The van der Waals surface area contributed by atoms with Crippen molar-refractivity contribution >= 4 is 5.91 Å². The van der Waals surface area contributed by atoms with Crippen LogP contribution in [0.4, 0.5) is 4.39 Å². The van der Waals surface area contributed by atoms with Gasteiger partial charge in [-0.25, -0.2) is 4.39 Å². The van der Waals surface area contributed by atoms with E-state index in [9.17, 15) is 9.18 Å². The van der Waals surface area contributed by atoms with Gasteiger partial charge < -0.3 is 5.32 Å². The van der Waals surface area contributed by atoms with Crippen molar-refractivity contribution in [1.82, 2.24) is 5.32 Å². The molecule has 1 atom stereocenters. The Balaban J connectivity index is 2.35. The third-order valence-electron chi connectivity index (χ3n) is 2.76. The average molecular weight is 187 g/mol.